The number of carbonyl (C=O) groups is 3. The molecule has 1 aliphatic rings. The zero-order valence-corrected chi connectivity index (χ0v) is 16.0. The summed E-state index contributed by atoms with van der Waals surface area (Å²) in [5.74, 6) is -0.275. The number of nitrogens with one attached hydrogen (secondary N) is 1. The van der Waals surface area contributed by atoms with Crippen molar-refractivity contribution in [3.63, 3.8) is 0 Å². The minimum Gasteiger partial charge on any atom is -0.484 e. The maximum Gasteiger partial charge on any atom is 0.407 e. The van der Waals surface area contributed by atoms with Crippen LogP contribution in [-0.2, 0) is 9.53 Å². The number of nitrogens with zero attached hydrogens (tertiary/aromatic N) is 1. The van der Waals surface area contributed by atoms with Crippen molar-refractivity contribution in [1.82, 2.24) is 10.2 Å². The lowest BCUT2D eigenvalue weighted by molar-refractivity contribution is -0.134. The third kappa shape index (κ3) is 6.80. The van der Waals surface area contributed by atoms with E-state index in [2.05, 4.69) is 5.32 Å². The molecule has 0 bridgehead atoms. The molecule has 0 atom stereocenters. The fourth-order valence-electron chi connectivity index (χ4n) is 2.72. The molecule has 0 aromatic heterocycles. The third-order valence-electron chi connectivity index (χ3n) is 4.05. The van der Waals surface area contributed by atoms with E-state index in [4.69, 9.17) is 15.2 Å². The van der Waals surface area contributed by atoms with E-state index in [9.17, 15) is 14.4 Å². The summed E-state index contributed by atoms with van der Waals surface area (Å²) in [6, 6.07) is 6.38. The molecule has 3 N–H and O–H groups in total. The molecule has 0 saturated carbocycles. The van der Waals surface area contributed by atoms with Gasteiger partial charge in [-0.25, -0.2) is 4.79 Å². The zero-order chi connectivity index (χ0) is 20.0. The minimum absolute atomic E-state index is 0.0166. The van der Waals surface area contributed by atoms with Gasteiger partial charge in [-0.05, 0) is 51.8 Å². The lowest BCUT2D eigenvalue weighted by Gasteiger charge is -2.32. The SMILES string of the molecule is CC(C)(C)OC(=O)NC1CCN(C(=O)COc2cccc(C(N)=O)c2)CC1. The van der Waals surface area contributed by atoms with Crippen molar-refractivity contribution in [2.24, 2.45) is 5.73 Å². The Balaban J connectivity index is 1.75. The van der Waals surface area contributed by atoms with E-state index >= 15 is 0 Å². The molecule has 1 saturated heterocycles. The van der Waals surface area contributed by atoms with Crippen LogP contribution in [0.5, 0.6) is 5.75 Å². The average molecular weight is 377 g/mol. The highest BCUT2D eigenvalue weighted by molar-refractivity contribution is 5.93. The predicted molar refractivity (Wildman–Crippen MR) is 99.4 cm³/mol. The van der Waals surface area contributed by atoms with Crippen molar-refractivity contribution in [3.8, 4) is 5.75 Å². The van der Waals surface area contributed by atoms with E-state index in [0.29, 0.717) is 37.2 Å². The zero-order valence-electron chi connectivity index (χ0n) is 16.0. The van der Waals surface area contributed by atoms with Crippen molar-refractivity contribution < 1.29 is 23.9 Å². The quantitative estimate of drug-likeness (QED) is 0.811. The number of rotatable bonds is 5. The number of ether oxygens (including phenoxy) is 2. The van der Waals surface area contributed by atoms with Crippen molar-refractivity contribution in [3.05, 3.63) is 29.8 Å². The van der Waals surface area contributed by atoms with Crippen molar-refractivity contribution in [2.45, 2.75) is 45.3 Å². The largest absolute Gasteiger partial charge is 0.484 e. The van der Waals surface area contributed by atoms with Gasteiger partial charge in [0.25, 0.3) is 5.91 Å². The summed E-state index contributed by atoms with van der Waals surface area (Å²) in [6.07, 6.45) is 0.870. The molecule has 1 heterocycles. The van der Waals surface area contributed by atoms with E-state index in [1.165, 1.54) is 6.07 Å². The Labute approximate surface area is 159 Å². The molecular formula is C19H27N3O5. The van der Waals surface area contributed by atoms with E-state index in [-0.39, 0.29) is 18.6 Å². The summed E-state index contributed by atoms with van der Waals surface area (Å²) in [5.41, 5.74) is 5.02. The fourth-order valence-corrected chi connectivity index (χ4v) is 2.72. The first-order chi connectivity index (χ1) is 12.6. The van der Waals surface area contributed by atoms with Gasteiger partial charge in [-0.15, -0.1) is 0 Å². The molecule has 0 spiro atoms. The molecule has 0 unspecified atom stereocenters. The van der Waals surface area contributed by atoms with Gasteiger partial charge < -0.3 is 25.4 Å². The van der Waals surface area contributed by atoms with Gasteiger partial charge in [-0.1, -0.05) is 6.07 Å². The van der Waals surface area contributed by atoms with E-state index < -0.39 is 17.6 Å². The maximum atomic E-state index is 12.3. The molecule has 2 rings (SSSR count). The van der Waals surface area contributed by atoms with Crippen LogP contribution in [0.25, 0.3) is 0 Å². The van der Waals surface area contributed by atoms with Gasteiger partial charge >= 0.3 is 6.09 Å². The second kappa shape index (κ2) is 8.75. The van der Waals surface area contributed by atoms with Crippen molar-refractivity contribution >= 4 is 17.9 Å². The predicted octanol–water partition coefficient (Wildman–Crippen LogP) is 1.68. The number of benzene rings is 1. The molecular weight excluding hydrogens is 350 g/mol. The Kier molecular flexibility index (Phi) is 6.65. The number of alkyl carbamates (subject to hydrolysis) is 1. The molecule has 148 valence electrons. The number of carbonyl (C=O) groups excluding carboxylic acids is 3. The summed E-state index contributed by atoms with van der Waals surface area (Å²) in [4.78, 5) is 37.0. The average Bonchev–Trinajstić information content (AvgIpc) is 2.59. The highest BCUT2D eigenvalue weighted by Gasteiger charge is 2.25. The first-order valence-electron chi connectivity index (χ1n) is 8.94. The lowest BCUT2D eigenvalue weighted by atomic mass is 10.1. The number of amides is 3. The second-order valence-electron chi connectivity index (χ2n) is 7.48. The van der Waals surface area contributed by atoms with E-state index in [1.54, 1.807) is 23.1 Å². The molecule has 0 aliphatic carbocycles. The van der Waals surface area contributed by atoms with Gasteiger partial charge in [0.2, 0.25) is 5.91 Å². The number of likely N-dealkylation sites (tertiary alicyclic amines) is 1. The van der Waals surface area contributed by atoms with Gasteiger partial charge in [0, 0.05) is 24.7 Å². The first-order valence-corrected chi connectivity index (χ1v) is 8.94. The van der Waals surface area contributed by atoms with Crippen LogP contribution in [0.4, 0.5) is 4.79 Å². The molecule has 1 aromatic carbocycles. The van der Waals surface area contributed by atoms with Gasteiger partial charge in [0.15, 0.2) is 6.61 Å². The fraction of sp³-hybridized carbons (Fsp3) is 0.526. The molecule has 1 aliphatic heterocycles. The number of primary amides is 1. The highest BCUT2D eigenvalue weighted by Crippen LogP contribution is 2.15. The van der Waals surface area contributed by atoms with Gasteiger partial charge in [0.1, 0.15) is 11.4 Å². The molecule has 27 heavy (non-hydrogen) atoms. The summed E-state index contributed by atoms with van der Waals surface area (Å²) < 4.78 is 10.7. The van der Waals surface area contributed by atoms with Crippen LogP contribution in [0.1, 0.15) is 44.0 Å². The molecule has 0 radical (unpaired) electrons. The molecule has 1 aromatic rings. The monoisotopic (exact) mass is 377 g/mol. The van der Waals surface area contributed by atoms with Gasteiger partial charge in [-0.2, -0.15) is 0 Å². The van der Waals surface area contributed by atoms with Gasteiger partial charge in [-0.3, -0.25) is 9.59 Å². The standard InChI is InChI=1S/C19H27N3O5/c1-19(2,3)27-18(25)21-14-7-9-22(10-8-14)16(23)12-26-15-6-4-5-13(11-15)17(20)24/h4-6,11,14H,7-10,12H2,1-3H3,(H2,20,24)(H,21,25). The van der Waals surface area contributed by atoms with Crippen LogP contribution < -0.4 is 15.8 Å². The number of hydrogen-bond acceptors (Lipinski definition) is 5. The highest BCUT2D eigenvalue weighted by atomic mass is 16.6. The Morgan fingerprint density at radius 2 is 1.89 bits per heavy atom. The molecule has 1 fully saturated rings. The Bertz CT molecular complexity index is 691. The molecule has 8 nitrogen and oxygen atoms in total. The van der Waals surface area contributed by atoms with Crippen LogP contribution in [-0.4, -0.2) is 54.1 Å². The summed E-state index contributed by atoms with van der Waals surface area (Å²) in [5, 5.41) is 2.84. The Morgan fingerprint density at radius 1 is 1.22 bits per heavy atom. The van der Waals surface area contributed by atoms with Crippen LogP contribution >= 0.6 is 0 Å². The normalized spacial score (nSPS) is 15.1. The number of piperidine rings is 1. The lowest BCUT2D eigenvalue weighted by Crippen LogP contribution is -2.48. The van der Waals surface area contributed by atoms with Crippen LogP contribution in [0, 0.1) is 0 Å². The van der Waals surface area contributed by atoms with Crippen LogP contribution in [0.3, 0.4) is 0 Å². The van der Waals surface area contributed by atoms with Crippen LogP contribution in [0.15, 0.2) is 24.3 Å². The molecule has 8 heteroatoms. The summed E-state index contributed by atoms with van der Waals surface area (Å²) in [6.45, 7) is 6.38. The minimum atomic E-state index is -0.550. The third-order valence-corrected chi connectivity index (χ3v) is 4.05. The van der Waals surface area contributed by atoms with Crippen molar-refractivity contribution in [1.29, 1.82) is 0 Å². The maximum absolute atomic E-state index is 12.3. The summed E-state index contributed by atoms with van der Waals surface area (Å²) in [7, 11) is 0. The number of hydrogen-bond donors (Lipinski definition) is 2. The van der Waals surface area contributed by atoms with E-state index in [0.717, 1.165) is 0 Å². The molecule has 3 amide bonds. The van der Waals surface area contributed by atoms with Crippen LogP contribution in [0.2, 0.25) is 0 Å². The second-order valence-corrected chi connectivity index (χ2v) is 7.48. The Morgan fingerprint density at radius 3 is 2.48 bits per heavy atom. The van der Waals surface area contributed by atoms with Gasteiger partial charge in [0.05, 0.1) is 0 Å². The topological polar surface area (TPSA) is 111 Å². The Hall–Kier alpha value is -2.77. The summed E-state index contributed by atoms with van der Waals surface area (Å²) >= 11 is 0. The number of nitrogens with two attached hydrogens (primary N) is 1. The van der Waals surface area contributed by atoms with Crippen molar-refractivity contribution in [2.75, 3.05) is 19.7 Å². The first kappa shape index (κ1) is 20.5. The smallest absolute Gasteiger partial charge is 0.407 e. The van der Waals surface area contributed by atoms with E-state index in [1.807, 2.05) is 20.8 Å².